The minimum atomic E-state index is -0.442. The zero-order chi connectivity index (χ0) is 11.3. The number of anilines is 1. The highest BCUT2D eigenvalue weighted by Crippen LogP contribution is 1.93. The van der Waals surface area contributed by atoms with Gasteiger partial charge in [-0.3, -0.25) is 9.78 Å². The van der Waals surface area contributed by atoms with Crippen molar-refractivity contribution in [1.82, 2.24) is 9.97 Å². The maximum atomic E-state index is 11.2. The predicted octanol–water partition coefficient (Wildman–Crippen LogP) is 0.0511. The van der Waals surface area contributed by atoms with E-state index < -0.39 is 5.56 Å². The molecule has 1 aromatic rings. The number of H-pyrrole nitrogens is 1. The highest BCUT2D eigenvalue weighted by molar-refractivity contribution is 5.32. The van der Waals surface area contributed by atoms with Crippen molar-refractivity contribution in [2.75, 3.05) is 5.73 Å². The number of nitrogens with one attached hydrogen (secondary N) is 1. The van der Waals surface area contributed by atoms with E-state index in [1.165, 1.54) is 6.20 Å². The van der Waals surface area contributed by atoms with E-state index in [1.54, 1.807) is 0 Å². The van der Waals surface area contributed by atoms with E-state index in [9.17, 15) is 4.79 Å². The minimum absolute atomic E-state index is 0.0173. The van der Waals surface area contributed by atoms with Gasteiger partial charge in [0.1, 0.15) is 17.6 Å². The molecule has 0 saturated carbocycles. The van der Waals surface area contributed by atoms with Crippen LogP contribution in [0.4, 0.5) is 5.95 Å². The number of rotatable bonds is 1. The number of nitrogen functional groups attached to an aromatic ring is 1. The second-order valence-electron chi connectivity index (χ2n) is 2.61. The van der Waals surface area contributed by atoms with E-state index in [4.69, 9.17) is 15.9 Å². The molecule has 1 heterocycles. The molecule has 0 aliphatic carbocycles. The molecule has 0 aliphatic heterocycles. The Morgan fingerprint density at radius 1 is 1.73 bits per heavy atom. The van der Waals surface area contributed by atoms with Gasteiger partial charge in [0.15, 0.2) is 5.95 Å². The molecule has 0 fully saturated rings. The monoisotopic (exact) mass is 207 g/mol. The van der Waals surface area contributed by atoms with Crippen LogP contribution in [0.5, 0.6) is 0 Å². The Kier molecular flexibility index (Phi) is 3.35. The van der Waals surface area contributed by atoms with Gasteiger partial charge in [-0.15, -0.1) is 0 Å². The Balaban J connectivity index is 2.86. The van der Waals surface area contributed by atoms with Gasteiger partial charge in [-0.05, 0) is 0 Å². The second-order valence-corrected chi connectivity index (χ2v) is 2.61. The molecule has 0 aliphatic rings. The number of nitrogens with two attached hydrogens (primary N) is 1. The molecule has 0 amide bonds. The van der Waals surface area contributed by atoms with Crippen LogP contribution in [0.25, 0.3) is 0 Å². The Hall–Kier alpha value is -2.42. The van der Waals surface area contributed by atoms with Crippen LogP contribution < -0.4 is 11.3 Å². The third-order valence-electron chi connectivity index (χ3n) is 1.46. The Bertz CT molecular complexity index is 493. The lowest BCUT2D eigenvalue weighted by Crippen LogP contribution is -2.13. The van der Waals surface area contributed by atoms with Gasteiger partial charge in [-0.25, -0.2) is 4.98 Å². The lowest BCUT2D eigenvalue weighted by molar-refractivity contribution is 0.355. The molecule has 0 atom stereocenters. The molecule has 6 heteroatoms. The van der Waals surface area contributed by atoms with Crippen molar-refractivity contribution in [3.63, 3.8) is 0 Å². The van der Waals surface area contributed by atoms with Gasteiger partial charge in [0.25, 0.3) is 5.56 Å². The molecule has 1 rings (SSSR count). The average Bonchev–Trinajstić information content (AvgIpc) is 2.21. The number of aromatic nitrogens is 2. The smallest absolute Gasteiger partial charge is 0.268 e. The van der Waals surface area contributed by atoms with E-state index in [-0.39, 0.29) is 23.7 Å². The fourth-order valence-electron chi connectivity index (χ4n) is 0.773. The fraction of sp³-hybridized carbons (Fsp3) is 0.111. The van der Waals surface area contributed by atoms with Crippen LogP contribution in [0, 0.1) is 11.8 Å². The van der Waals surface area contributed by atoms with Crippen molar-refractivity contribution in [1.29, 1.82) is 0 Å². The van der Waals surface area contributed by atoms with Crippen molar-refractivity contribution in [3.05, 3.63) is 34.1 Å². The highest BCUT2D eigenvalue weighted by Gasteiger charge is 1.95. The van der Waals surface area contributed by atoms with E-state index >= 15 is 0 Å². The van der Waals surface area contributed by atoms with Crippen LogP contribution in [-0.4, -0.2) is 20.2 Å². The highest BCUT2D eigenvalue weighted by atomic mass is 16.3. The first-order valence-corrected chi connectivity index (χ1v) is 3.99. The zero-order valence-corrected chi connectivity index (χ0v) is 7.69. The topological polar surface area (TPSA) is 112 Å². The van der Waals surface area contributed by atoms with E-state index in [1.807, 2.05) is 0 Å². The molecule has 6 nitrogen and oxygen atoms in total. The van der Waals surface area contributed by atoms with Crippen LogP contribution in [0.2, 0.25) is 0 Å². The van der Waals surface area contributed by atoms with Crippen LogP contribution in [0.1, 0.15) is 12.0 Å². The summed E-state index contributed by atoms with van der Waals surface area (Å²) in [5.74, 6) is 4.71. The molecule has 15 heavy (non-hydrogen) atoms. The van der Waals surface area contributed by atoms with E-state index in [2.05, 4.69) is 21.8 Å². The summed E-state index contributed by atoms with van der Waals surface area (Å²) >= 11 is 0. The van der Waals surface area contributed by atoms with E-state index in [0.717, 1.165) is 0 Å². The molecule has 0 unspecified atom stereocenters. The van der Waals surface area contributed by atoms with Gasteiger partial charge in [0.2, 0.25) is 0 Å². The van der Waals surface area contributed by atoms with Gasteiger partial charge in [0, 0.05) is 0 Å². The molecule has 78 valence electrons. The molecular formula is C9H9N3O3. The Morgan fingerprint density at radius 2 is 2.47 bits per heavy atom. The normalized spacial score (nSPS) is 10.5. The van der Waals surface area contributed by atoms with Gasteiger partial charge >= 0.3 is 0 Å². The van der Waals surface area contributed by atoms with Crippen molar-refractivity contribution in [2.24, 2.45) is 0 Å². The Morgan fingerprint density at radius 3 is 3.07 bits per heavy atom. The molecule has 5 N–H and O–H groups in total. The number of aliphatic hydroxyl groups excluding tert-OH is 2. The van der Waals surface area contributed by atoms with Gasteiger partial charge in [-0.2, -0.15) is 0 Å². The number of hydrogen-bond donors (Lipinski definition) is 4. The maximum Gasteiger partial charge on any atom is 0.268 e. The summed E-state index contributed by atoms with van der Waals surface area (Å²) in [6.07, 6.45) is 1.74. The van der Waals surface area contributed by atoms with Crippen molar-refractivity contribution < 1.29 is 10.2 Å². The number of nitrogens with zero attached hydrogens (tertiary/aromatic N) is 1. The Labute approximate surface area is 85.1 Å². The third kappa shape index (κ3) is 3.08. The minimum Gasteiger partial charge on any atom is -0.512 e. The fourth-order valence-corrected chi connectivity index (χ4v) is 0.773. The van der Waals surface area contributed by atoms with Gasteiger partial charge < -0.3 is 15.9 Å². The van der Waals surface area contributed by atoms with Crippen molar-refractivity contribution >= 4 is 5.95 Å². The largest absolute Gasteiger partial charge is 0.512 e. The molecule has 1 aromatic heterocycles. The molecule has 0 radical (unpaired) electrons. The number of aliphatic hydroxyl groups is 2. The van der Waals surface area contributed by atoms with Crippen LogP contribution in [0.15, 0.2) is 23.0 Å². The van der Waals surface area contributed by atoms with Crippen molar-refractivity contribution in [2.45, 2.75) is 6.42 Å². The van der Waals surface area contributed by atoms with Gasteiger partial charge in [0.05, 0.1) is 12.6 Å². The maximum absolute atomic E-state index is 11.2. The van der Waals surface area contributed by atoms with Crippen molar-refractivity contribution in [3.8, 4) is 11.8 Å². The summed E-state index contributed by atoms with van der Waals surface area (Å²) in [5.41, 5.74) is 4.93. The summed E-state index contributed by atoms with van der Waals surface area (Å²) < 4.78 is 0. The first kappa shape index (κ1) is 10.7. The quantitative estimate of drug-likeness (QED) is 0.384. The van der Waals surface area contributed by atoms with Crippen LogP contribution in [-0.2, 0) is 0 Å². The second kappa shape index (κ2) is 4.72. The molecule has 0 bridgehead atoms. The zero-order valence-electron chi connectivity index (χ0n) is 7.69. The first-order valence-electron chi connectivity index (χ1n) is 3.99. The predicted molar refractivity (Wildman–Crippen MR) is 54.1 cm³/mol. The third-order valence-corrected chi connectivity index (χ3v) is 1.46. The summed E-state index contributed by atoms with van der Waals surface area (Å²) in [6, 6.07) is 0. The summed E-state index contributed by atoms with van der Waals surface area (Å²) in [5, 5.41) is 17.2. The summed E-state index contributed by atoms with van der Waals surface area (Å²) in [7, 11) is 0. The van der Waals surface area contributed by atoms with Crippen LogP contribution >= 0.6 is 0 Å². The molecule has 0 saturated heterocycles. The molecular weight excluding hydrogens is 198 g/mol. The molecule has 0 spiro atoms. The van der Waals surface area contributed by atoms with Crippen LogP contribution in [0.3, 0.4) is 0 Å². The number of hydrogen-bond acceptors (Lipinski definition) is 5. The van der Waals surface area contributed by atoms with Gasteiger partial charge in [-0.1, -0.05) is 11.8 Å². The first-order chi connectivity index (χ1) is 7.13. The van der Waals surface area contributed by atoms with E-state index in [0.29, 0.717) is 6.26 Å². The SMILES string of the molecule is Nc1ncc(C#CC/C(O)=C/O)c(=O)[nH]1. The number of aromatic amines is 1. The molecule has 0 aromatic carbocycles. The standard InChI is InChI=1S/C9H9N3O3/c10-9-11-4-6(8(15)12-9)2-1-3-7(14)5-13/h4-5,13-14H,3H2,(H3,10,11,12,15)/b7-5-. The average molecular weight is 207 g/mol. The lowest BCUT2D eigenvalue weighted by atomic mass is 10.3. The summed E-state index contributed by atoms with van der Waals surface area (Å²) in [4.78, 5) is 17.1. The summed E-state index contributed by atoms with van der Waals surface area (Å²) in [6.45, 7) is 0. The lowest BCUT2D eigenvalue weighted by Gasteiger charge is -1.91. The number of allylic oxidation sites excluding steroid dienone is 1.